The molecule has 1 rings (SSSR count). The van der Waals surface area contributed by atoms with Crippen molar-refractivity contribution in [2.45, 2.75) is 39.8 Å². The Labute approximate surface area is 85.9 Å². The van der Waals surface area contributed by atoms with E-state index in [0.29, 0.717) is 12.0 Å². The van der Waals surface area contributed by atoms with Crippen LogP contribution in [0.1, 0.15) is 32.9 Å². The summed E-state index contributed by atoms with van der Waals surface area (Å²) in [6.07, 6.45) is 2.85. The summed E-state index contributed by atoms with van der Waals surface area (Å²) in [7, 11) is 0. The lowest BCUT2D eigenvalue weighted by molar-refractivity contribution is 0.385. The van der Waals surface area contributed by atoms with Gasteiger partial charge in [0.1, 0.15) is 0 Å². The molecule has 0 aliphatic rings. The Bertz CT molecular complexity index is 246. The van der Waals surface area contributed by atoms with Crippen LogP contribution >= 0.6 is 0 Å². The van der Waals surface area contributed by atoms with Crippen LogP contribution in [0.2, 0.25) is 0 Å². The summed E-state index contributed by atoms with van der Waals surface area (Å²) < 4.78 is 0. The second kappa shape index (κ2) is 5.70. The van der Waals surface area contributed by atoms with Gasteiger partial charge in [0.2, 0.25) is 0 Å². The Balaban J connectivity index is 2.40. The van der Waals surface area contributed by atoms with Crippen LogP contribution in [0.15, 0.2) is 18.3 Å². The summed E-state index contributed by atoms with van der Waals surface area (Å²) in [5.74, 6) is 0.664. The van der Waals surface area contributed by atoms with Crippen molar-refractivity contribution >= 4 is 0 Å². The van der Waals surface area contributed by atoms with Gasteiger partial charge in [0.25, 0.3) is 0 Å². The summed E-state index contributed by atoms with van der Waals surface area (Å²) in [5, 5.41) is 11.4. The first-order valence-electron chi connectivity index (χ1n) is 5.24. The molecule has 1 unspecified atom stereocenters. The van der Waals surface area contributed by atoms with Gasteiger partial charge in [-0.25, -0.2) is 0 Å². The molecule has 0 aromatic carbocycles. The van der Waals surface area contributed by atoms with E-state index >= 15 is 0 Å². The number of rotatable bonds is 5. The van der Waals surface area contributed by atoms with Crippen molar-refractivity contribution in [2.75, 3.05) is 0 Å². The third kappa shape index (κ3) is 3.42. The predicted octanol–water partition coefficient (Wildman–Crippen LogP) is 2.00. The first-order chi connectivity index (χ1) is 6.74. The highest BCUT2D eigenvalue weighted by atomic mass is 15.1. The van der Waals surface area contributed by atoms with E-state index < -0.39 is 0 Å². The third-order valence-electron chi connectivity index (χ3n) is 2.42. The van der Waals surface area contributed by atoms with Crippen molar-refractivity contribution in [1.29, 1.82) is 0 Å². The van der Waals surface area contributed by atoms with Crippen molar-refractivity contribution < 1.29 is 0 Å². The minimum absolute atomic E-state index is 0.567. The maximum absolute atomic E-state index is 4.03. The number of hydrogen-bond acceptors (Lipinski definition) is 3. The average molecular weight is 193 g/mol. The molecule has 0 amide bonds. The van der Waals surface area contributed by atoms with Gasteiger partial charge in [-0.3, -0.25) is 0 Å². The molecule has 1 heterocycles. The van der Waals surface area contributed by atoms with Crippen LogP contribution in [-0.4, -0.2) is 16.2 Å². The topological polar surface area (TPSA) is 37.8 Å². The van der Waals surface area contributed by atoms with Gasteiger partial charge in [-0.2, -0.15) is 10.2 Å². The zero-order valence-electron chi connectivity index (χ0n) is 9.20. The lowest BCUT2D eigenvalue weighted by atomic mass is 10.0. The van der Waals surface area contributed by atoms with E-state index in [-0.39, 0.29) is 0 Å². The summed E-state index contributed by atoms with van der Waals surface area (Å²) in [6.45, 7) is 7.48. The molecule has 0 bridgehead atoms. The zero-order chi connectivity index (χ0) is 10.4. The SMILES string of the molecule is CCC(NCc1cccnn1)C(C)C. The van der Waals surface area contributed by atoms with Gasteiger partial charge >= 0.3 is 0 Å². The quantitative estimate of drug-likeness (QED) is 0.777. The molecule has 0 saturated heterocycles. The van der Waals surface area contributed by atoms with Crippen LogP contribution in [0.5, 0.6) is 0 Å². The highest BCUT2D eigenvalue weighted by molar-refractivity contribution is 4.98. The van der Waals surface area contributed by atoms with Crippen molar-refractivity contribution in [3.8, 4) is 0 Å². The average Bonchev–Trinajstić information content (AvgIpc) is 2.20. The maximum atomic E-state index is 4.03. The van der Waals surface area contributed by atoms with Crippen LogP contribution in [0.4, 0.5) is 0 Å². The van der Waals surface area contributed by atoms with Gasteiger partial charge in [0, 0.05) is 18.8 Å². The molecule has 0 aliphatic carbocycles. The van der Waals surface area contributed by atoms with Crippen molar-refractivity contribution in [2.24, 2.45) is 5.92 Å². The zero-order valence-corrected chi connectivity index (χ0v) is 9.20. The standard InChI is InChI=1S/C11H19N3/c1-4-11(9(2)3)12-8-10-6-5-7-13-14-10/h5-7,9,11-12H,4,8H2,1-3H3. The number of nitrogens with one attached hydrogen (secondary N) is 1. The van der Waals surface area contributed by atoms with Crippen molar-refractivity contribution in [1.82, 2.24) is 15.5 Å². The van der Waals surface area contributed by atoms with Gasteiger partial charge < -0.3 is 5.32 Å². The first kappa shape index (κ1) is 11.1. The molecule has 14 heavy (non-hydrogen) atoms. The largest absolute Gasteiger partial charge is 0.308 e. The maximum Gasteiger partial charge on any atom is 0.0769 e. The van der Waals surface area contributed by atoms with Crippen molar-refractivity contribution in [3.63, 3.8) is 0 Å². The molecule has 3 nitrogen and oxygen atoms in total. The fraction of sp³-hybridized carbons (Fsp3) is 0.636. The number of hydrogen-bond donors (Lipinski definition) is 1. The van der Waals surface area contributed by atoms with E-state index in [2.05, 4.69) is 36.3 Å². The molecule has 1 aromatic heterocycles. The fourth-order valence-corrected chi connectivity index (χ4v) is 1.51. The highest BCUT2D eigenvalue weighted by Crippen LogP contribution is 2.05. The van der Waals surface area contributed by atoms with Crippen LogP contribution < -0.4 is 5.32 Å². The first-order valence-corrected chi connectivity index (χ1v) is 5.24. The molecule has 0 saturated carbocycles. The smallest absolute Gasteiger partial charge is 0.0769 e. The van der Waals surface area contributed by atoms with Crippen LogP contribution in [0.25, 0.3) is 0 Å². The minimum atomic E-state index is 0.567. The van der Waals surface area contributed by atoms with Gasteiger partial charge in [-0.15, -0.1) is 0 Å². The highest BCUT2D eigenvalue weighted by Gasteiger charge is 2.09. The molecule has 0 aliphatic heterocycles. The molecular weight excluding hydrogens is 174 g/mol. The Kier molecular flexibility index (Phi) is 4.53. The summed E-state index contributed by atoms with van der Waals surface area (Å²) in [5.41, 5.74) is 1.01. The summed E-state index contributed by atoms with van der Waals surface area (Å²) in [4.78, 5) is 0. The molecule has 0 radical (unpaired) electrons. The normalized spacial score (nSPS) is 13.1. The molecule has 1 atom stereocenters. The molecular formula is C11H19N3. The number of aromatic nitrogens is 2. The summed E-state index contributed by atoms with van der Waals surface area (Å²) >= 11 is 0. The van der Waals surface area contributed by atoms with Gasteiger partial charge in [0.15, 0.2) is 0 Å². The Morgan fingerprint density at radius 1 is 1.43 bits per heavy atom. The van der Waals surface area contributed by atoms with Crippen LogP contribution in [0.3, 0.4) is 0 Å². The minimum Gasteiger partial charge on any atom is -0.308 e. The lowest BCUT2D eigenvalue weighted by Crippen LogP contribution is -2.32. The summed E-state index contributed by atoms with van der Waals surface area (Å²) in [6, 6.07) is 4.48. The Morgan fingerprint density at radius 3 is 2.71 bits per heavy atom. The molecule has 1 N–H and O–H groups in total. The van der Waals surface area contributed by atoms with Crippen LogP contribution in [-0.2, 0) is 6.54 Å². The van der Waals surface area contributed by atoms with E-state index in [9.17, 15) is 0 Å². The second-order valence-corrected chi connectivity index (χ2v) is 3.85. The van der Waals surface area contributed by atoms with E-state index in [1.54, 1.807) is 6.20 Å². The lowest BCUT2D eigenvalue weighted by Gasteiger charge is -2.20. The van der Waals surface area contributed by atoms with Crippen LogP contribution in [0, 0.1) is 5.92 Å². The van der Waals surface area contributed by atoms with E-state index in [1.165, 1.54) is 0 Å². The second-order valence-electron chi connectivity index (χ2n) is 3.85. The molecule has 3 heteroatoms. The van der Waals surface area contributed by atoms with Gasteiger partial charge in [-0.05, 0) is 24.5 Å². The van der Waals surface area contributed by atoms with Gasteiger partial charge in [-0.1, -0.05) is 20.8 Å². The third-order valence-corrected chi connectivity index (χ3v) is 2.42. The Morgan fingerprint density at radius 2 is 2.21 bits per heavy atom. The van der Waals surface area contributed by atoms with E-state index in [1.807, 2.05) is 12.1 Å². The van der Waals surface area contributed by atoms with Crippen molar-refractivity contribution in [3.05, 3.63) is 24.0 Å². The predicted molar refractivity (Wildman–Crippen MR) is 57.8 cm³/mol. The molecule has 78 valence electrons. The molecule has 0 fully saturated rings. The Hall–Kier alpha value is -0.960. The number of nitrogens with zero attached hydrogens (tertiary/aromatic N) is 2. The van der Waals surface area contributed by atoms with E-state index in [4.69, 9.17) is 0 Å². The molecule has 1 aromatic rings. The fourth-order valence-electron chi connectivity index (χ4n) is 1.51. The van der Waals surface area contributed by atoms with E-state index in [0.717, 1.165) is 18.7 Å². The van der Waals surface area contributed by atoms with Gasteiger partial charge in [0.05, 0.1) is 5.69 Å². The molecule has 0 spiro atoms. The monoisotopic (exact) mass is 193 g/mol.